The first-order valence-corrected chi connectivity index (χ1v) is 11.6. The van der Waals surface area contributed by atoms with Crippen LogP contribution in [0.5, 0.6) is 0 Å². The van der Waals surface area contributed by atoms with Gasteiger partial charge in [0.2, 0.25) is 0 Å². The Balaban J connectivity index is 1.40. The second kappa shape index (κ2) is 6.80. The summed E-state index contributed by atoms with van der Waals surface area (Å²) in [5.41, 5.74) is 6.38. The highest BCUT2D eigenvalue weighted by Gasteiger charge is 2.52. The molecule has 1 aromatic carbocycles. The minimum Gasteiger partial charge on any atom is -0.283 e. The van der Waals surface area contributed by atoms with Gasteiger partial charge in [-0.15, -0.1) is 0 Å². The summed E-state index contributed by atoms with van der Waals surface area (Å²) in [5.74, 6) is 2.63. The molecule has 4 saturated carbocycles. The van der Waals surface area contributed by atoms with Gasteiger partial charge < -0.3 is 0 Å². The van der Waals surface area contributed by atoms with Gasteiger partial charge in [0.25, 0.3) is 5.91 Å². The van der Waals surface area contributed by atoms with E-state index in [0.29, 0.717) is 5.69 Å². The van der Waals surface area contributed by atoms with Gasteiger partial charge in [0.1, 0.15) is 5.69 Å². The molecule has 4 bridgehead atoms. The zero-order chi connectivity index (χ0) is 19.4. The maximum Gasteiger partial charge on any atom is 0.284 e. The lowest BCUT2D eigenvalue weighted by atomic mass is 9.48. The lowest BCUT2D eigenvalue weighted by Gasteiger charge is -2.57. The van der Waals surface area contributed by atoms with E-state index in [1.807, 2.05) is 6.07 Å². The molecule has 1 N–H and O–H groups in total. The first-order chi connectivity index (χ1) is 14.2. The molecule has 1 aromatic heterocycles. The van der Waals surface area contributed by atoms with Gasteiger partial charge in [-0.1, -0.05) is 24.6 Å². The number of amides is 1. The number of nitrogens with one attached hydrogen (secondary N) is 1. The molecular formula is C25H31N3O. The number of hydrogen-bond donors (Lipinski definition) is 1. The molecule has 7 rings (SSSR count). The molecule has 152 valence electrons. The number of nitrogens with zero attached hydrogens (tertiary/aromatic N) is 2. The van der Waals surface area contributed by atoms with Crippen molar-refractivity contribution in [2.45, 2.75) is 63.2 Å². The summed E-state index contributed by atoms with van der Waals surface area (Å²) in [5, 5.41) is 3.34. The van der Waals surface area contributed by atoms with Crippen LogP contribution in [0, 0.1) is 17.8 Å². The number of hydrogen-bond acceptors (Lipinski definition) is 3. The zero-order valence-electron chi connectivity index (χ0n) is 17.2. The summed E-state index contributed by atoms with van der Waals surface area (Å²) in [6.07, 6.45) is 11.8. The van der Waals surface area contributed by atoms with Crippen molar-refractivity contribution in [2.75, 3.05) is 13.1 Å². The van der Waals surface area contributed by atoms with Crippen LogP contribution < -0.4 is 5.43 Å². The average Bonchev–Trinajstić information content (AvgIpc) is 2.72. The molecule has 1 saturated heterocycles. The molecule has 2 heterocycles. The standard InChI is InChI=1S/C25H31N3O/c29-24(27-28-8-4-1-5-9-28)23-13-21(20-6-2-3-7-22(20)26-23)25-14-17-10-18(15-25)12-19(11-17)16-25/h2-3,6-7,13,17-19H,1,4-5,8-12,14-16H2,(H,27,29). The van der Waals surface area contributed by atoms with Crippen LogP contribution in [0.3, 0.4) is 0 Å². The number of pyridine rings is 1. The van der Waals surface area contributed by atoms with Crippen LogP contribution in [-0.2, 0) is 5.41 Å². The Hall–Kier alpha value is -1.94. The van der Waals surface area contributed by atoms with Crippen molar-refractivity contribution in [1.82, 2.24) is 15.4 Å². The molecule has 4 heteroatoms. The van der Waals surface area contributed by atoms with Crippen molar-refractivity contribution in [3.63, 3.8) is 0 Å². The number of aromatic nitrogens is 1. The number of fused-ring (bicyclic) bond motifs is 1. The summed E-state index contributed by atoms with van der Waals surface area (Å²) >= 11 is 0. The van der Waals surface area contributed by atoms with Crippen LogP contribution in [0.1, 0.15) is 73.8 Å². The summed E-state index contributed by atoms with van der Waals surface area (Å²) in [7, 11) is 0. The summed E-state index contributed by atoms with van der Waals surface area (Å²) in [6, 6.07) is 10.6. The van der Waals surface area contributed by atoms with Gasteiger partial charge in [-0.25, -0.2) is 9.99 Å². The minimum atomic E-state index is -0.0383. The third-order valence-electron chi connectivity index (χ3n) is 8.17. The van der Waals surface area contributed by atoms with Crippen molar-refractivity contribution in [2.24, 2.45) is 17.8 Å². The van der Waals surface area contributed by atoms with E-state index in [2.05, 4.69) is 34.7 Å². The predicted octanol–water partition coefficient (Wildman–Crippen LogP) is 4.83. The monoisotopic (exact) mass is 389 g/mol. The summed E-state index contributed by atoms with van der Waals surface area (Å²) in [6.45, 7) is 1.89. The Morgan fingerprint density at radius 2 is 1.62 bits per heavy atom. The van der Waals surface area contributed by atoms with Crippen molar-refractivity contribution < 1.29 is 4.79 Å². The predicted molar refractivity (Wildman–Crippen MR) is 114 cm³/mol. The Labute approximate surface area is 173 Å². The molecule has 0 radical (unpaired) electrons. The Bertz CT molecular complexity index is 911. The molecule has 5 aliphatic rings. The Morgan fingerprint density at radius 1 is 0.966 bits per heavy atom. The largest absolute Gasteiger partial charge is 0.284 e. The molecule has 2 aromatic rings. The molecular weight excluding hydrogens is 358 g/mol. The maximum absolute atomic E-state index is 13.1. The second-order valence-corrected chi connectivity index (χ2v) is 10.3. The number of rotatable bonds is 3. The lowest BCUT2D eigenvalue weighted by molar-refractivity contribution is -0.00454. The lowest BCUT2D eigenvalue weighted by Crippen LogP contribution is -2.49. The Kier molecular flexibility index (Phi) is 4.19. The molecule has 1 amide bonds. The highest BCUT2D eigenvalue weighted by molar-refractivity contribution is 5.96. The fraction of sp³-hybridized carbons (Fsp3) is 0.600. The highest BCUT2D eigenvalue weighted by Crippen LogP contribution is 2.61. The highest BCUT2D eigenvalue weighted by atomic mass is 16.2. The van der Waals surface area contributed by atoms with E-state index in [4.69, 9.17) is 4.98 Å². The van der Waals surface area contributed by atoms with E-state index < -0.39 is 0 Å². The van der Waals surface area contributed by atoms with Crippen LogP contribution in [0.4, 0.5) is 0 Å². The smallest absolute Gasteiger partial charge is 0.283 e. The fourth-order valence-electron chi connectivity index (χ4n) is 7.38. The molecule has 5 fully saturated rings. The van der Waals surface area contributed by atoms with Gasteiger partial charge in [-0.3, -0.25) is 10.2 Å². The zero-order valence-corrected chi connectivity index (χ0v) is 17.2. The molecule has 29 heavy (non-hydrogen) atoms. The average molecular weight is 390 g/mol. The van der Waals surface area contributed by atoms with Crippen LogP contribution in [-0.4, -0.2) is 29.0 Å². The van der Waals surface area contributed by atoms with Crippen LogP contribution >= 0.6 is 0 Å². The van der Waals surface area contributed by atoms with E-state index >= 15 is 0 Å². The number of piperidine rings is 1. The number of carbonyl (C=O) groups is 1. The normalized spacial score (nSPS) is 33.9. The van der Waals surface area contributed by atoms with E-state index in [0.717, 1.165) is 49.2 Å². The third kappa shape index (κ3) is 3.07. The van der Waals surface area contributed by atoms with Gasteiger partial charge in [-0.05, 0) is 92.2 Å². The maximum atomic E-state index is 13.1. The molecule has 0 spiro atoms. The topological polar surface area (TPSA) is 45.2 Å². The Morgan fingerprint density at radius 3 is 2.31 bits per heavy atom. The quantitative estimate of drug-likeness (QED) is 0.817. The van der Waals surface area contributed by atoms with Gasteiger partial charge in [0, 0.05) is 18.5 Å². The number of carbonyl (C=O) groups excluding carboxylic acids is 1. The van der Waals surface area contributed by atoms with Crippen molar-refractivity contribution in [1.29, 1.82) is 0 Å². The van der Waals surface area contributed by atoms with Gasteiger partial charge >= 0.3 is 0 Å². The summed E-state index contributed by atoms with van der Waals surface area (Å²) in [4.78, 5) is 17.9. The van der Waals surface area contributed by atoms with Gasteiger partial charge in [0.15, 0.2) is 0 Å². The fourth-order valence-corrected chi connectivity index (χ4v) is 7.38. The summed E-state index contributed by atoms with van der Waals surface area (Å²) < 4.78 is 0. The van der Waals surface area contributed by atoms with E-state index in [1.54, 1.807) is 0 Å². The molecule has 4 aliphatic carbocycles. The molecule has 0 unspecified atom stereocenters. The SMILES string of the molecule is O=C(NN1CCCCC1)c1cc(C23CC4CC(CC(C4)C2)C3)c2ccccc2n1. The molecule has 1 aliphatic heterocycles. The first kappa shape index (κ1) is 17.9. The second-order valence-electron chi connectivity index (χ2n) is 10.3. The van der Waals surface area contributed by atoms with Crippen LogP contribution in [0.2, 0.25) is 0 Å². The van der Waals surface area contributed by atoms with E-state index in [1.165, 1.54) is 55.9 Å². The molecule has 0 atom stereocenters. The number of para-hydroxylation sites is 1. The number of benzene rings is 1. The van der Waals surface area contributed by atoms with E-state index in [9.17, 15) is 4.79 Å². The third-order valence-corrected chi connectivity index (χ3v) is 8.17. The van der Waals surface area contributed by atoms with E-state index in [-0.39, 0.29) is 11.3 Å². The van der Waals surface area contributed by atoms with Crippen molar-refractivity contribution in [3.8, 4) is 0 Å². The van der Waals surface area contributed by atoms with Crippen molar-refractivity contribution >= 4 is 16.8 Å². The first-order valence-electron chi connectivity index (χ1n) is 11.6. The minimum absolute atomic E-state index is 0.0383. The van der Waals surface area contributed by atoms with Crippen molar-refractivity contribution in [3.05, 3.63) is 41.6 Å². The van der Waals surface area contributed by atoms with Crippen LogP contribution in [0.25, 0.3) is 10.9 Å². The molecule has 4 nitrogen and oxygen atoms in total. The van der Waals surface area contributed by atoms with Crippen LogP contribution in [0.15, 0.2) is 30.3 Å². The van der Waals surface area contributed by atoms with Gasteiger partial charge in [0.05, 0.1) is 5.52 Å². The number of hydrazine groups is 1. The van der Waals surface area contributed by atoms with Gasteiger partial charge in [-0.2, -0.15) is 0 Å².